The summed E-state index contributed by atoms with van der Waals surface area (Å²) in [5.41, 5.74) is 0.0786. The van der Waals surface area contributed by atoms with Crippen LogP contribution in [0.15, 0.2) is 23.0 Å². The van der Waals surface area contributed by atoms with Crippen molar-refractivity contribution in [3.63, 3.8) is 0 Å². The highest BCUT2D eigenvalue weighted by Crippen LogP contribution is 2.21. The van der Waals surface area contributed by atoms with Gasteiger partial charge >= 0.3 is 5.97 Å². The van der Waals surface area contributed by atoms with E-state index < -0.39 is 17.3 Å². The fourth-order valence-corrected chi connectivity index (χ4v) is 1.83. The molecule has 0 atom stereocenters. The number of carbonyl (C=O) groups is 1. The zero-order chi connectivity index (χ0) is 14.2. The fourth-order valence-electron chi connectivity index (χ4n) is 1.58. The molecule has 0 aliphatic rings. The van der Waals surface area contributed by atoms with Crippen molar-refractivity contribution in [3.8, 4) is 11.6 Å². The fraction of sp³-hybridized carbons (Fsp3) is 0.167. The second-order valence-corrected chi connectivity index (χ2v) is 4.30. The number of nitrogens with zero attached hydrogens (tertiary/aromatic N) is 1. The van der Waals surface area contributed by atoms with Crippen molar-refractivity contribution in [1.29, 1.82) is 0 Å². The van der Waals surface area contributed by atoms with Crippen molar-refractivity contribution in [2.45, 2.75) is 13.8 Å². The van der Waals surface area contributed by atoms with Gasteiger partial charge in [-0.1, -0.05) is 11.6 Å². The lowest BCUT2D eigenvalue weighted by Gasteiger charge is -2.04. The molecular formula is C12H10ClFN2O3. The molecule has 0 saturated carbocycles. The summed E-state index contributed by atoms with van der Waals surface area (Å²) in [6, 6.07) is 3.62. The van der Waals surface area contributed by atoms with Crippen LogP contribution in [-0.4, -0.2) is 15.7 Å². The number of esters is 1. The third-order valence-corrected chi connectivity index (χ3v) is 2.78. The van der Waals surface area contributed by atoms with Crippen molar-refractivity contribution >= 4 is 17.6 Å². The van der Waals surface area contributed by atoms with Crippen molar-refractivity contribution < 1.29 is 13.9 Å². The molecule has 2 rings (SSSR count). The zero-order valence-electron chi connectivity index (χ0n) is 10.2. The Bertz CT molecular complexity index is 705. The molecule has 0 amide bonds. The normalized spacial score (nSPS) is 10.5. The number of H-pyrrole nitrogens is 1. The lowest BCUT2D eigenvalue weighted by Crippen LogP contribution is -2.16. The molecule has 100 valence electrons. The number of benzene rings is 1. The van der Waals surface area contributed by atoms with Crippen LogP contribution in [-0.2, 0) is 4.79 Å². The second kappa shape index (κ2) is 4.89. The van der Waals surface area contributed by atoms with Gasteiger partial charge in [0.05, 0.1) is 16.3 Å². The Balaban J connectivity index is 2.57. The minimum Gasteiger partial charge on any atom is -0.408 e. The molecule has 7 heteroatoms. The van der Waals surface area contributed by atoms with Crippen molar-refractivity contribution in [3.05, 3.63) is 45.0 Å². The smallest absolute Gasteiger partial charge is 0.309 e. The third-order valence-electron chi connectivity index (χ3n) is 2.47. The summed E-state index contributed by atoms with van der Waals surface area (Å²) in [4.78, 5) is 22.9. The quantitative estimate of drug-likeness (QED) is 0.860. The van der Waals surface area contributed by atoms with Gasteiger partial charge < -0.3 is 4.74 Å². The summed E-state index contributed by atoms with van der Waals surface area (Å²) in [5.74, 6) is -1.02. The first kappa shape index (κ1) is 13.4. The monoisotopic (exact) mass is 284 g/mol. The molecule has 1 heterocycles. The first-order valence-electron chi connectivity index (χ1n) is 5.35. The SMILES string of the molecule is CC(=O)Oc1[nH]n(-c2ccc(F)cc2Cl)c(=O)c1C. The van der Waals surface area contributed by atoms with Crippen LogP contribution in [0.3, 0.4) is 0 Å². The van der Waals surface area contributed by atoms with Gasteiger partial charge in [0, 0.05) is 6.92 Å². The van der Waals surface area contributed by atoms with Crippen LogP contribution in [0, 0.1) is 12.7 Å². The highest BCUT2D eigenvalue weighted by atomic mass is 35.5. The molecule has 1 aromatic heterocycles. The van der Waals surface area contributed by atoms with Gasteiger partial charge in [0.15, 0.2) is 0 Å². The third kappa shape index (κ3) is 2.53. The van der Waals surface area contributed by atoms with Crippen LogP contribution >= 0.6 is 11.6 Å². The Morgan fingerprint density at radius 1 is 1.47 bits per heavy atom. The van der Waals surface area contributed by atoms with Crippen LogP contribution in [0.5, 0.6) is 5.88 Å². The molecule has 0 bridgehead atoms. The number of rotatable bonds is 2. The van der Waals surface area contributed by atoms with Crippen molar-refractivity contribution in [1.82, 2.24) is 9.78 Å². The van der Waals surface area contributed by atoms with Gasteiger partial charge in [-0.15, -0.1) is 0 Å². The molecular weight excluding hydrogens is 275 g/mol. The largest absolute Gasteiger partial charge is 0.408 e. The van der Waals surface area contributed by atoms with Gasteiger partial charge in [0.25, 0.3) is 5.56 Å². The molecule has 0 aliphatic heterocycles. The Morgan fingerprint density at radius 3 is 2.74 bits per heavy atom. The minimum atomic E-state index is -0.554. The summed E-state index contributed by atoms with van der Waals surface area (Å²) in [6.07, 6.45) is 0. The average molecular weight is 285 g/mol. The molecule has 5 nitrogen and oxygen atoms in total. The van der Waals surface area contributed by atoms with Crippen LogP contribution in [0.4, 0.5) is 4.39 Å². The molecule has 0 aliphatic carbocycles. The van der Waals surface area contributed by atoms with E-state index in [1.54, 1.807) is 0 Å². The van der Waals surface area contributed by atoms with Crippen LogP contribution in [0.25, 0.3) is 5.69 Å². The number of ether oxygens (including phenoxy) is 1. The van der Waals surface area contributed by atoms with E-state index >= 15 is 0 Å². The predicted molar refractivity (Wildman–Crippen MR) is 67.4 cm³/mol. The van der Waals surface area contributed by atoms with E-state index in [1.807, 2.05) is 0 Å². The van der Waals surface area contributed by atoms with Crippen molar-refractivity contribution in [2.75, 3.05) is 0 Å². The van der Waals surface area contributed by atoms with E-state index in [2.05, 4.69) is 5.10 Å². The number of nitrogens with one attached hydrogen (secondary N) is 1. The van der Waals surface area contributed by atoms with Crippen molar-refractivity contribution in [2.24, 2.45) is 0 Å². The maximum atomic E-state index is 13.0. The Morgan fingerprint density at radius 2 is 2.16 bits per heavy atom. The standard InChI is InChI=1S/C12H10ClFN2O3/c1-6-11(19-7(2)17)15-16(12(6)18)10-4-3-8(14)5-9(10)13/h3-5,15H,1-2H3. The van der Waals surface area contributed by atoms with E-state index in [0.29, 0.717) is 0 Å². The van der Waals surface area contributed by atoms with Gasteiger partial charge in [-0.05, 0) is 25.1 Å². The summed E-state index contributed by atoms with van der Waals surface area (Å²) in [5, 5.41) is 2.68. The van der Waals surface area contributed by atoms with E-state index in [1.165, 1.54) is 26.0 Å². The zero-order valence-corrected chi connectivity index (χ0v) is 10.9. The lowest BCUT2D eigenvalue weighted by molar-refractivity contribution is -0.132. The van der Waals surface area contributed by atoms with Gasteiger partial charge in [0.2, 0.25) is 5.88 Å². The number of aromatic amines is 1. The first-order valence-corrected chi connectivity index (χ1v) is 5.73. The maximum absolute atomic E-state index is 13.0. The number of hydrogen-bond acceptors (Lipinski definition) is 3. The van der Waals surface area contributed by atoms with Gasteiger partial charge in [-0.3, -0.25) is 14.7 Å². The highest BCUT2D eigenvalue weighted by Gasteiger charge is 2.16. The number of halogens is 2. The van der Waals surface area contributed by atoms with E-state index in [4.69, 9.17) is 16.3 Å². The van der Waals surface area contributed by atoms with Crippen LogP contribution in [0.2, 0.25) is 5.02 Å². The Hall–Kier alpha value is -2.08. The molecule has 1 N–H and O–H groups in total. The maximum Gasteiger partial charge on any atom is 0.309 e. The summed E-state index contributed by atoms with van der Waals surface area (Å²) in [7, 11) is 0. The molecule has 2 aromatic rings. The van der Waals surface area contributed by atoms with E-state index in [9.17, 15) is 14.0 Å². The summed E-state index contributed by atoms with van der Waals surface area (Å²) < 4.78 is 18.9. The Kier molecular flexibility index (Phi) is 3.44. The molecule has 0 fully saturated rings. The first-order chi connectivity index (χ1) is 8.90. The summed E-state index contributed by atoms with van der Waals surface area (Å²) in [6.45, 7) is 2.73. The molecule has 1 aromatic carbocycles. The molecule has 0 unspecified atom stereocenters. The molecule has 0 radical (unpaired) electrons. The second-order valence-electron chi connectivity index (χ2n) is 3.90. The molecule has 19 heavy (non-hydrogen) atoms. The van der Waals surface area contributed by atoms with Gasteiger partial charge in [-0.2, -0.15) is 0 Å². The number of carbonyl (C=O) groups excluding carboxylic acids is 1. The average Bonchev–Trinajstić information content (AvgIpc) is 2.57. The number of hydrogen-bond donors (Lipinski definition) is 1. The molecule has 0 saturated heterocycles. The van der Waals surface area contributed by atoms with Gasteiger partial charge in [0.1, 0.15) is 5.82 Å². The van der Waals surface area contributed by atoms with Gasteiger partial charge in [-0.25, -0.2) is 9.07 Å². The van der Waals surface area contributed by atoms with E-state index in [-0.39, 0.29) is 22.2 Å². The minimum absolute atomic E-state index is 0.0397. The lowest BCUT2D eigenvalue weighted by atomic mass is 10.3. The Labute approximate surface area is 112 Å². The topological polar surface area (TPSA) is 64.1 Å². The van der Waals surface area contributed by atoms with E-state index in [0.717, 1.165) is 10.7 Å². The highest BCUT2D eigenvalue weighted by molar-refractivity contribution is 6.32. The van der Waals surface area contributed by atoms with Crippen LogP contribution in [0.1, 0.15) is 12.5 Å². The summed E-state index contributed by atoms with van der Waals surface area (Å²) >= 11 is 5.88. The molecule has 0 spiro atoms. The number of aromatic nitrogens is 2. The predicted octanol–water partition coefficient (Wildman–Crippen LogP) is 2.19. The van der Waals surface area contributed by atoms with Crippen LogP contribution < -0.4 is 10.3 Å².